The summed E-state index contributed by atoms with van der Waals surface area (Å²) in [4.78, 5) is 3.97. The highest BCUT2D eigenvalue weighted by molar-refractivity contribution is 8.13. The van der Waals surface area contributed by atoms with Gasteiger partial charge in [0.05, 0.1) is 5.02 Å². The number of pyridine rings is 1. The molecule has 1 rings (SSSR count). The molecule has 0 aliphatic rings. The Bertz CT molecular complexity index is 262. The lowest BCUT2D eigenvalue weighted by atomic mass is 10.5. The molecule has 1 heterocycles. The van der Waals surface area contributed by atoms with Crippen LogP contribution in [0, 0.1) is 0 Å². The lowest BCUT2D eigenvalue weighted by Crippen LogP contribution is -3.00. The molecule has 0 saturated carbocycles. The van der Waals surface area contributed by atoms with E-state index in [-0.39, 0.29) is 17.6 Å². The molecular formula is C6H7Cl2N3S. The van der Waals surface area contributed by atoms with Crippen LogP contribution in [0.15, 0.2) is 23.4 Å². The molecule has 0 aliphatic heterocycles. The molecule has 0 saturated heterocycles. The third-order valence-corrected chi connectivity index (χ3v) is 1.83. The van der Waals surface area contributed by atoms with Crippen molar-refractivity contribution in [3.63, 3.8) is 0 Å². The molecule has 4 N–H and O–H groups in total. The molecule has 66 valence electrons. The molecule has 0 aliphatic carbocycles. The largest absolute Gasteiger partial charge is 1.00 e. The van der Waals surface area contributed by atoms with Crippen molar-refractivity contribution in [2.24, 2.45) is 5.73 Å². The number of aromatic nitrogens is 1. The molecule has 0 amide bonds. The average molecular weight is 224 g/mol. The molecular weight excluding hydrogens is 217 g/mol. The van der Waals surface area contributed by atoms with Gasteiger partial charge >= 0.3 is 5.17 Å². The van der Waals surface area contributed by atoms with E-state index in [9.17, 15) is 0 Å². The maximum absolute atomic E-state index is 5.61. The molecule has 3 nitrogen and oxygen atoms in total. The van der Waals surface area contributed by atoms with E-state index in [1.165, 1.54) is 11.8 Å². The number of hydrogen-bond donors (Lipinski definition) is 2. The van der Waals surface area contributed by atoms with Crippen molar-refractivity contribution in [1.82, 2.24) is 4.98 Å². The monoisotopic (exact) mass is 223 g/mol. The van der Waals surface area contributed by atoms with Gasteiger partial charge in [-0.15, -0.1) is 0 Å². The molecule has 0 atom stereocenters. The van der Waals surface area contributed by atoms with Crippen LogP contribution in [-0.4, -0.2) is 10.2 Å². The highest BCUT2D eigenvalue weighted by atomic mass is 35.5. The summed E-state index contributed by atoms with van der Waals surface area (Å²) in [6.07, 6.45) is 1.55. The Morgan fingerprint density at radius 3 is 2.67 bits per heavy atom. The quantitative estimate of drug-likeness (QED) is 0.302. The molecule has 1 aromatic heterocycles. The number of nitrogens with two attached hydrogens (primary N) is 2. The summed E-state index contributed by atoms with van der Waals surface area (Å²) >= 11 is 6.82. The van der Waals surface area contributed by atoms with Gasteiger partial charge in [-0.05, 0) is 12.1 Å². The summed E-state index contributed by atoms with van der Waals surface area (Å²) in [5.74, 6) is 0. The Balaban J connectivity index is 0.00000121. The van der Waals surface area contributed by atoms with Gasteiger partial charge in [-0.3, -0.25) is 11.1 Å². The lowest BCUT2D eigenvalue weighted by Gasteiger charge is -1.93. The van der Waals surface area contributed by atoms with E-state index in [1.807, 2.05) is 0 Å². The first-order valence-electron chi connectivity index (χ1n) is 2.86. The average Bonchev–Trinajstić information content (AvgIpc) is 1.93. The molecule has 0 fully saturated rings. The minimum absolute atomic E-state index is 0. The maximum Gasteiger partial charge on any atom is 0.306 e. The Morgan fingerprint density at radius 2 is 2.25 bits per heavy atom. The van der Waals surface area contributed by atoms with Crippen LogP contribution in [0.5, 0.6) is 0 Å². The third-order valence-electron chi connectivity index (χ3n) is 0.923. The Morgan fingerprint density at radius 1 is 1.58 bits per heavy atom. The van der Waals surface area contributed by atoms with Crippen LogP contribution in [0.2, 0.25) is 5.02 Å². The minimum atomic E-state index is 0. The summed E-state index contributed by atoms with van der Waals surface area (Å²) < 4.78 is 0. The fraction of sp³-hybridized carbons (Fsp3) is 0. The second-order valence-corrected chi connectivity index (χ2v) is 3.35. The van der Waals surface area contributed by atoms with Crippen LogP contribution in [0.25, 0.3) is 0 Å². The van der Waals surface area contributed by atoms with E-state index in [2.05, 4.69) is 4.98 Å². The van der Waals surface area contributed by atoms with Crippen molar-refractivity contribution < 1.29 is 17.8 Å². The van der Waals surface area contributed by atoms with Gasteiger partial charge in [-0.1, -0.05) is 11.6 Å². The predicted octanol–water partition coefficient (Wildman–Crippen LogP) is -3.10. The van der Waals surface area contributed by atoms with Gasteiger partial charge in [0.15, 0.2) is 0 Å². The molecule has 0 radical (unpaired) electrons. The van der Waals surface area contributed by atoms with Crippen molar-refractivity contribution in [3.8, 4) is 0 Å². The van der Waals surface area contributed by atoms with E-state index in [0.717, 1.165) is 5.03 Å². The van der Waals surface area contributed by atoms with Gasteiger partial charge in [0.1, 0.15) is 5.03 Å². The summed E-state index contributed by atoms with van der Waals surface area (Å²) in [6.45, 7) is 0. The van der Waals surface area contributed by atoms with Crippen LogP contribution in [0.3, 0.4) is 0 Å². The fourth-order valence-electron chi connectivity index (χ4n) is 0.543. The van der Waals surface area contributed by atoms with Crippen LogP contribution in [0.4, 0.5) is 0 Å². The predicted molar refractivity (Wildman–Crippen MR) is 46.2 cm³/mol. The fourth-order valence-corrected chi connectivity index (χ4v) is 1.14. The van der Waals surface area contributed by atoms with Crippen molar-refractivity contribution in [2.75, 3.05) is 0 Å². The molecule has 12 heavy (non-hydrogen) atoms. The normalized spacial score (nSPS) is 8.75. The highest BCUT2D eigenvalue weighted by Gasteiger charge is 2.00. The van der Waals surface area contributed by atoms with E-state index < -0.39 is 0 Å². The number of amidine groups is 1. The number of thioether (sulfide) groups is 1. The number of halogens is 2. The summed E-state index contributed by atoms with van der Waals surface area (Å²) in [5.41, 5.74) is 5.25. The first-order chi connectivity index (χ1) is 5.18. The molecule has 1 aromatic rings. The van der Waals surface area contributed by atoms with Crippen LogP contribution in [-0.2, 0) is 0 Å². The summed E-state index contributed by atoms with van der Waals surface area (Å²) in [5, 5.41) is 6.87. The summed E-state index contributed by atoms with van der Waals surface area (Å²) in [6, 6.07) is 3.49. The maximum atomic E-state index is 5.61. The van der Waals surface area contributed by atoms with E-state index >= 15 is 0 Å². The molecule has 6 heteroatoms. The van der Waals surface area contributed by atoms with Gasteiger partial charge < -0.3 is 12.4 Å². The van der Waals surface area contributed by atoms with Gasteiger partial charge in [-0.2, -0.15) is 0 Å². The highest BCUT2D eigenvalue weighted by Crippen LogP contribution is 2.14. The Labute approximate surface area is 85.6 Å². The molecule has 0 bridgehead atoms. The van der Waals surface area contributed by atoms with Crippen molar-refractivity contribution in [2.45, 2.75) is 5.03 Å². The van der Waals surface area contributed by atoms with Crippen LogP contribution >= 0.6 is 23.4 Å². The third kappa shape index (κ3) is 3.80. The first-order valence-corrected chi connectivity index (χ1v) is 4.05. The minimum Gasteiger partial charge on any atom is -1.00 e. The van der Waals surface area contributed by atoms with Crippen LogP contribution in [0.1, 0.15) is 0 Å². The molecule has 0 spiro atoms. The SMILES string of the molecule is NC(=[NH2+])Sc1ccc(Cl)cn1.[Cl-]. The molecule has 0 unspecified atom stereocenters. The van der Waals surface area contributed by atoms with Crippen molar-refractivity contribution in [1.29, 1.82) is 0 Å². The van der Waals surface area contributed by atoms with Gasteiger partial charge in [0, 0.05) is 18.0 Å². The van der Waals surface area contributed by atoms with Gasteiger partial charge in [-0.25, -0.2) is 4.98 Å². The first kappa shape index (κ1) is 11.6. The summed E-state index contributed by atoms with van der Waals surface area (Å²) in [7, 11) is 0. The van der Waals surface area contributed by atoms with Crippen molar-refractivity contribution >= 4 is 28.5 Å². The Hall–Kier alpha value is -0.450. The van der Waals surface area contributed by atoms with Gasteiger partial charge in [0.2, 0.25) is 0 Å². The lowest BCUT2D eigenvalue weighted by molar-refractivity contribution is -0.110. The smallest absolute Gasteiger partial charge is 0.306 e. The number of nitrogens with zero attached hydrogens (tertiary/aromatic N) is 1. The van der Waals surface area contributed by atoms with Crippen molar-refractivity contribution in [3.05, 3.63) is 23.4 Å². The zero-order valence-corrected chi connectivity index (χ0v) is 8.33. The standard InChI is InChI=1S/C6H6ClN3S.ClH/c7-4-1-2-5(10-3-4)11-6(8)9;/h1-3H,(H3,8,9);1H. The Kier molecular flexibility index (Phi) is 5.04. The second-order valence-electron chi connectivity index (χ2n) is 1.82. The zero-order valence-electron chi connectivity index (χ0n) is 6.00. The number of rotatable bonds is 1. The second kappa shape index (κ2) is 5.24. The van der Waals surface area contributed by atoms with E-state index in [1.54, 1.807) is 18.3 Å². The van der Waals surface area contributed by atoms with Gasteiger partial charge in [0.25, 0.3) is 0 Å². The molecule has 0 aromatic carbocycles. The van der Waals surface area contributed by atoms with E-state index in [4.69, 9.17) is 22.7 Å². The zero-order chi connectivity index (χ0) is 8.27. The van der Waals surface area contributed by atoms with Crippen LogP contribution < -0.4 is 23.5 Å². The topological polar surface area (TPSA) is 64.5 Å². The number of hydrogen-bond acceptors (Lipinski definition) is 2. The van der Waals surface area contributed by atoms with E-state index in [0.29, 0.717) is 5.02 Å².